The molecule has 0 fully saturated rings. The van der Waals surface area contributed by atoms with E-state index in [1.54, 1.807) is 28.1 Å². The van der Waals surface area contributed by atoms with Gasteiger partial charge in [0, 0.05) is 44.4 Å². The molecule has 1 aromatic carbocycles. The van der Waals surface area contributed by atoms with Gasteiger partial charge in [-0.25, -0.2) is 0 Å². The maximum atomic E-state index is 13.3. The molecule has 0 spiro atoms. The van der Waals surface area contributed by atoms with Crippen LogP contribution in [0.25, 0.3) is 10.4 Å². The maximum absolute atomic E-state index is 13.3. The average Bonchev–Trinajstić information content (AvgIpc) is 2.95. The second kappa shape index (κ2) is 19.0. The van der Waals surface area contributed by atoms with Gasteiger partial charge in [-0.05, 0) is 74.1 Å². The van der Waals surface area contributed by atoms with E-state index < -0.39 is 35.4 Å². The first-order valence-electron chi connectivity index (χ1n) is 15.2. The minimum absolute atomic E-state index is 0.0426. The van der Waals surface area contributed by atoms with Gasteiger partial charge in [0.2, 0.25) is 11.8 Å². The Bertz CT molecular complexity index is 1120. The van der Waals surface area contributed by atoms with Gasteiger partial charge in [0.15, 0.2) is 11.5 Å². The van der Waals surface area contributed by atoms with Gasteiger partial charge in [0.25, 0.3) is 0 Å². The highest BCUT2D eigenvalue weighted by Gasteiger charge is 2.35. The first-order valence-corrected chi connectivity index (χ1v) is 15.2. The molecule has 0 aliphatic heterocycles. The molecule has 3 N–H and O–H groups in total. The van der Waals surface area contributed by atoms with Crippen molar-refractivity contribution in [1.29, 1.82) is 0 Å². The molecule has 0 aliphatic rings. The van der Waals surface area contributed by atoms with E-state index in [1.165, 1.54) is 6.92 Å². The van der Waals surface area contributed by atoms with Crippen molar-refractivity contribution in [2.24, 2.45) is 39.9 Å². The summed E-state index contributed by atoms with van der Waals surface area (Å²) in [7, 11) is 3.24. The summed E-state index contributed by atoms with van der Waals surface area (Å²) in [4.78, 5) is 40.3. The summed E-state index contributed by atoms with van der Waals surface area (Å²) < 4.78 is 22.3. The SMILES string of the molecule is COCCCOc1cc(C[C@@H](C[C@H](N=[N+]=[N-])[C@H](C[C@H](C(=O)NCC(C)(C)C(N)=O)C(C)C)OC(C)=O)C(C)C)ccc1OC. The highest BCUT2D eigenvalue weighted by atomic mass is 16.5. The second-order valence-electron chi connectivity index (χ2n) is 12.6. The number of hydrogen-bond acceptors (Lipinski definition) is 8. The van der Waals surface area contributed by atoms with Crippen LogP contribution < -0.4 is 20.5 Å². The molecule has 1 aromatic rings. The Balaban J connectivity index is 3.26. The maximum Gasteiger partial charge on any atom is 0.302 e. The van der Waals surface area contributed by atoms with Crippen molar-refractivity contribution < 1.29 is 33.3 Å². The molecule has 1 rings (SSSR count). The third-order valence-corrected chi connectivity index (χ3v) is 7.91. The molecule has 0 heterocycles. The van der Waals surface area contributed by atoms with Gasteiger partial charge < -0.3 is 30.0 Å². The van der Waals surface area contributed by atoms with E-state index in [4.69, 9.17) is 24.7 Å². The van der Waals surface area contributed by atoms with E-state index in [0.717, 1.165) is 12.0 Å². The zero-order valence-corrected chi connectivity index (χ0v) is 27.9. The Morgan fingerprint density at radius 3 is 2.25 bits per heavy atom. The predicted molar refractivity (Wildman–Crippen MR) is 169 cm³/mol. The van der Waals surface area contributed by atoms with Crippen LogP contribution >= 0.6 is 0 Å². The lowest BCUT2D eigenvalue weighted by atomic mass is 9.80. The van der Waals surface area contributed by atoms with Crippen LogP contribution in [0.15, 0.2) is 23.3 Å². The van der Waals surface area contributed by atoms with Gasteiger partial charge in [-0.15, -0.1) is 0 Å². The molecule has 248 valence electrons. The molecule has 0 saturated heterocycles. The van der Waals surface area contributed by atoms with Gasteiger partial charge in [0.05, 0.1) is 25.2 Å². The molecule has 12 heteroatoms. The zero-order valence-electron chi connectivity index (χ0n) is 27.9. The number of methoxy groups -OCH3 is 2. The Kier molecular flexibility index (Phi) is 16.6. The number of nitrogens with zero attached hydrogens (tertiary/aromatic N) is 3. The summed E-state index contributed by atoms with van der Waals surface area (Å²) in [6.45, 7) is 13.7. The van der Waals surface area contributed by atoms with E-state index in [2.05, 4.69) is 29.2 Å². The normalized spacial score (nSPS) is 14.2. The summed E-state index contributed by atoms with van der Waals surface area (Å²) >= 11 is 0. The van der Waals surface area contributed by atoms with Gasteiger partial charge >= 0.3 is 5.97 Å². The number of carbonyl (C=O) groups excluding carboxylic acids is 3. The second-order valence-corrected chi connectivity index (χ2v) is 12.6. The number of nitrogens with one attached hydrogen (secondary N) is 1. The third kappa shape index (κ3) is 13.0. The molecule has 4 atom stereocenters. The fourth-order valence-electron chi connectivity index (χ4n) is 4.85. The van der Waals surface area contributed by atoms with E-state index in [1.807, 2.05) is 32.0 Å². The van der Waals surface area contributed by atoms with Crippen LogP contribution in [0.3, 0.4) is 0 Å². The summed E-state index contributed by atoms with van der Waals surface area (Å²) in [5.74, 6) is -0.541. The average molecular weight is 620 g/mol. The van der Waals surface area contributed by atoms with E-state index in [9.17, 15) is 19.9 Å². The molecule has 0 aliphatic carbocycles. The van der Waals surface area contributed by atoms with Crippen molar-refractivity contribution in [2.75, 3.05) is 34.0 Å². The number of benzene rings is 1. The first kappa shape index (κ1) is 38.5. The number of esters is 1. The smallest absolute Gasteiger partial charge is 0.302 e. The number of primary amides is 1. The molecule has 2 amide bonds. The predicted octanol–water partition coefficient (Wildman–Crippen LogP) is 5.22. The molecule has 44 heavy (non-hydrogen) atoms. The van der Waals surface area contributed by atoms with Crippen LogP contribution in [0, 0.1) is 29.1 Å². The highest BCUT2D eigenvalue weighted by molar-refractivity contribution is 5.83. The number of rotatable bonds is 21. The van der Waals surface area contributed by atoms with Crippen LogP contribution in [0.2, 0.25) is 0 Å². The molecule has 0 saturated carbocycles. The Morgan fingerprint density at radius 1 is 1.05 bits per heavy atom. The number of carbonyl (C=O) groups is 3. The fourth-order valence-corrected chi connectivity index (χ4v) is 4.85. The standard InChI is InChI=1S/C32H53N5O7/c1-20(2)24(15-23-11-12-27(42-9)29(16-23)43-14-10-13-41-8)17-26(36-37-34)28(44-22(5)38)18-25(21(3)4)30(39)35-19-32(6,7)31(33)40/h11-12,16,20-21,24-26,28H,10,13-15,17-19H2,1-9H3,(H2,33,40)(H,35,39)/t24-,25-,26-,28-/m0/s1. The molecular weight excluding hydrogens is 566 g/mol. The number of ether oxygens (including phenoxy) is 4. The number of nitrogens with two attached hydrogens (primary N) is 1. The number of hydrogen-bond donors (Lipinski definition) is 2. The summed E-state index contributed by atoms with van der Waals surface area (Å²) in [5.41, 5.74) is 15.1. The molecule has 0 radical (unpaired) electrons. The molecule has 0 unspecified atom stereocenters. The minimum Gasteiger partial charge on any atom is -0.493 e. The first-order chi connectivity index (χ1) is 20.7. The van der Waals surface area contributed by atoms with E-state index in [0.29, 0.717) is 37.6 Å². The highest BCUT2D eigenvalue weighted by Crippen LogP contribution is 2.33. The fraction of sp³-hybridized carbons (Fsp3) is 0.719. The Morgan fingerprint density at radius 2 is 1.73 bits per heavy atom. The van der Waals surface area contributed by atoms with Crippen molar-refractivity contribution in [3.05, 3.63) is 34.2 Å². The number of azide groups is 1. The molecular formula is C32H53N5O7. The van der Waals surface area contributed by atoms with E-state index in [-0.39, 0.29) is 36.6 Å². The van der Waals surface area contributed by atoms with Gasteiger partial charge in [-0.2, -0.15) is 0 Å². The topological polar surface area (TPSA) is 175 Å². The van der Waals surface area contributed by atoms with Gasteiger partial charge in [0.1, 0.15) is 6.10 Å². The van der Waals surface area contributed by atoms with Crippen molar-refractivity contribution in [3.8, 4) is 11.5 Å². The third-order valence-electron chi connectivity index (χ3n) is 7.91. The largest absolute Gasteiger partial charge is 0.493 e. The number of amides is 2. The summed E-state index contributed by atoms with van der Waals surface area (Å²) in [6, 6.07) is 5.10. The lowest BCUT2D eigenvalue weighted by molar-refractivity contribution is -0.150. The molecule has 12 nitrogen and oxygen atoms in total. The van der Waals surface area contributed by atoms with Gasteiger partial charge in [-0.1, -0.05) is 38.9 Å². The van der Waals surface area contributed by atoms with Crippen LogP contribution in [-0.4, -0.2) is 63.9 Å². The molecule has 0 bridgehead atoms. The zero-order chi connectivity index (χ0) is 33.4. The van der Waals surface area contributed by atoms with Gasteiger partial charge in [-0.3, -0.25) is 14.4 Å². The van der Waals surface area contributed by atoms with Crippen molar-refractivity contribution in [1.82, 2.24) is 5.32 Å². The quantitative estimate of drug-likeness (QED) is 0.0623. The summed E-state index contributed by atoms with van der Waals surface area (Å²) in [6.07, 6.45) is 1.13. The lowest BCUT2D eigenvalue weighted by Gasteiger charge is -2.32. The lowest BCUT2D eigenvalue weighted by Crippen LogP contribution is -2.46. The van der Waals surface area contributed by atoms with Crippen LogP contribution in [0.4, 0.5) is 0 Å². The van der Waals surface area contributed by atoms with Crippen molar-refractivity contribution in [3.63, 3.8) is 0 Å². The van der Waals surface area contributed by atoms with Crippen molar-refractivity contribution in [2.45, 2.75) is 86.3 Å². The summed E-state index contributed by atoms with van der Waals surface area (Å²) in [5, 5.41) is 6.91. The van der Waals surface area contributed by atoms with Crippen LogP contribution in [0.1, 0.15) is 73.3 Å². The van der Waals surface area contributed by atoms with Crippen molar-refractivity contribution >= 4 is 17.8 Å². The Labute approximate surface area is 262 Å². The molecule has 0 aromatic heterocycles. The van der Waals surface area contributed by atoms with Crippen LogP contribution in [0.5, 0.6) is 11.5 Å². The van der Waals surface area contributed by atoms with Crippen LogP contribution in [-0.2, 0) is 30.3 Å². The monoisotopic (exact) mass is 619 g/mol. The Hall–Kier alpha value is -3.50. The van der Waals surface area contributed by atoms with E-state index >= 15 is 0 Å². The minimum atomic E-state index is -0.930.